The van der Waals surface area contributed by atoms with Gasteiger partial charge in [-0.2, -0.15) is 0 Å². The number of unbranched alkanes of at least 4 members (excludes halogenated alkanes) is 1. The molecule has 2 atom stereocenters. The van der Waals surface area contributed by atoms with E-state index < -0.39 is 35.6 Å². The molecule has 0 bridgehead atoms. The van der Waals surface area contributed by atoms with E-state index in [4.69, 9.17) is 10.5 Å². The first-order chi connectivity index (χ1) is 15.4. The zero-order valence-corrected chi connectivity index (χ0v) is 20.6. The van der Waals surface area contributed by atoms with Crippen LogP contribution in [0, 0.1) is 6.92 Å². The number of aryl methyl sites for hydroxylation is 1. The fourth-order valence-electron chi connectivity index (χ4n) is 3.24. The first-order valence-corrected chi connectivity index (χ1v) is 11.2. The maximum Gasteiger partial charge on any atom is 0.408 e. The predicted octanol–water partition coefficient (Wildman–Crippen LogP) is 2.57. The number of hydrogen-bond donors (Lipinski definition) is 3. The number of carbonyl (C=O) groups excluding carboxylic acids is 4. The van der Waals surface area contributed by atoms with Gasteiger partial charge in [0.1, 0.15) is 17.7 Å². The van der Waals surface area contributed by atoms with Gasteiger partial charge >= 0.3 is 6.09 Å². The molecule has 0 saturated heterocycles. The van der Waals surface area contributed by atoms with Crippen LogP contribution in [0.5, 0.6) is 0 Å². The summed E-state index contributed by atoms with van der Waals surface area (Å²) in [4.78, 5) is 51.5. The van der Waals surface area contributed by atoms with Crippen molar-refractivity contribution in [3.05, 3.63) is 35.4 Å². The summed E-state index contributed by atoms with van der Waals surface area (Å²) in [7, 11) is 1.50. The molecule has 2 unspecified atom stereocenters. The molecule has 1 aromatic carbocycles. The van der Waals surface area contributed by atoms with E-state index in [1.165, 1.54) is 11.9 Å². The van der Waals surface area contributed by atoms with Gasteiger partial charge in [0.15, 0.2) is 0 Å². The quantitative estimate of drug-likeness (QED) is 0.435. The smallest absolute Gasteiger partial charge is 0.408 e. The van der Waals surface area contributed by atoms with E-state index in [2.05, 4.69) is 10.6 Å². The van der Waals surface area contributed by atoms with Gasteiger partial charge in [-0.25, -0.2) is 4.79 Å². The molecule has 0 fully saturated rings. The van der Waals surface area contributed by atoms with Gasteiger partial charge in [-0.05, 0) is 46.1 Å². The second-order valence-corrected chi connectivity index (χ2v) is 9.11. The third kappa shape index (κ3) is 9.93. The summed E-state index contributed by atoms with van der Waals surface area (Å²) < 4.78 is 5.26. The summed E-state index contributed by atoms with van der Waals surface area (Å²) in [5.41, 5.74) is 6.08. The Morgan fingerprint density at radius 3 is 2.39 bits per heavy atom. The standard InChI is InChI=1S/C24H38N4O5/c1-7-8-14-26-21(30)20(17-11-9-10-16(2)15-17)28(6)22(31)18(12-13-19(25)29)27-23(32)33-24(3,4)5/h9-11,15,18,20H,7-8,12-14H2,1-6H3,(H2,25,29)(H,26,30)(H,27,32). The van der Waals surface area contributed by atoms with Gasteiger partial charge in [0.25, 0.3) is 0 Å². The lowest BCUT2D eigenvalue weighted by atomic mass is 10.0. The highest BCUT2D eigenvalue weighted by molar-refractivity contribution is 5.92. The van der Waals surface area contributed by atoms with Crippen molar-refractivity contribution in [1.29, 1.82) is 0 Å². The van der Waals surface area contributed by atoms with Gasteiger partial charge in [-0.15, -0.1) is 0 Å². The van der Waals surface area contributed by atoms with Crippen molar-refractivity contribution in [3.63, 3.8) is 0 Å². The summed E-state index contributed by atoms with van der Waals surface area (Å²) in [5, 5.41) is 5.41. The van der Waals surface area contributed by atoms with Gasteiger partial charge in [0.2, 0.25) is 17.7 Å². The predicted molar refractivity (Wildman–Crippen MR) is 126 cm³/mol. The Balaban J connectivity index is 3.20. The van der Waals surface area contributed by atoms with Crippen LogP contribution in [0.25, 0.3) is 0 Å². The van der Waals surface area contributed by atoms with Crippen molar-refractivity contribution in [3.8, 4) is 0 Å². The van der Waals surface area contributed by atoms with E-state index in [1.54, 1.807) is 26.8 Å². The summed E-state index contributed by atoms with van der Waals surface area (Å²) in [6, 6.07) is 5.34. The Hall–Kier alpha value is -3.10. The lowest BCUT2D eigenvalue weighted by Gasteiger charge is -2.31. The Morgan fingerprint density at radius 1 is 1.18 bits per heavy atom. The van der Waals surface area contributed by atoms with Crippen molar-refractivity contribution >= 4 is 23.8 Å². The van der Waals surface area contributed by atoms with E-state index in [-0.39, 0.29) is 18.7 Å². The molecular formula is C24H38N4O5. The number of nitrogens with zero attached hydrogens (tertiary/aromatic N) is 1. The third-order valence-electron chi connectivity index (χ3n) is 4.84. The Labute approximate surface area is 196 Å². The zero-order chi connectivity index (χ0) is 25.2. The van der Waals surface area contributed by atoms with Crippen LogP contribution in [-0.2, 0) is 19.1 Å². The van der Waals surface area contributed by atoms with Crippen molar-refractivity contribution in [2.45, 2.75) is 78.0 Å². The van der Waals surface area contributed by atoms with E-state index in [1.807, 2.05) is 32.0 Å². The monoisotopic (exact) mass is 462 g/mol. The molecule has 4 amide bonds. The normalized spacial score (nSPS) is 12.9. The van der Waals surface area contributed by atoms with Gasteiger partial charge < -0.3 is 26.0 Å². The highest BCUT2D eigenvalue weighted by Crippen LogP contribution is 2.23. The molecule has 0 aliphatic carbocycles. The van der Waals surface area contributed by atoms with Crippen LogP contribution < -0.4 is 16.4 Å². The molecule has 9 heteroatoms. The molecule has 33 heavy (non-hydrogen) atoms. The minimum absolute atomic E-state index is 0.0181. The largest absolute Gasteiger partial charge is 0.444 e. The minimum atomic E-state index is -1.09. The number of primary amides is 1. The molecule has 0 aliphatic heterocycles. The van der Waals surface area contributed by atoms with Crippen LogP contribution in [-0.4, -0.2) is 54.0 Å². The van der Waals surface area contributed by atoms with Gasteiger partial charge in [0, 0.05) is 20.0 Å². The van der Waals surface area contributed by atoms with Crippen molar-refractivity contribution in [1.82, 2.24) is 15.5 Å². The number of rotatable bonds is 11. The highest BCUT2D eigenvalue weighted by atomic mass is 16.6. The summed E-state index contributed by atoms with van der Waals surface area (Å²) in [6.45, 7) is 9.51. The average Bonchev–Trinajstić information content (AvgIpc) is 2.69. The summed E-state index contributed by atoms with van der Waals surface area (Å²) in [5.74, 6) is -1.45. The molecule has 0 saturated carbocycles. The van der Waals surface area contributed by atoms with Crippen LogP contribution >= 0.6 is 0 Å². The number of amides is 4. The highest BCUT2D eigenvalue weighted by Gasteiger charge is 2.34. The third-order valence-corrected chi connectivity index (χ3v) is 4.84. The average molecular weight is 463 g/mol. The molecule has 0 radical (unpaired) electrons. The maximum absolute atomic E-state index is 13.4. The van der Waals surface area contributed by atoms with Crippen LogP contribution in [0.2, 0.25) is 0 Å². The second kappa shape index (κ2) is 12.8. The number of alkyl carbamates (subject to hydrolysis) is 1. The fourth-order valence-corrected chi connectivity index (χ4v) is 3.24. The molecule has 1 rings (SSSR count). The lowest BCUT2D eigenvalue weighted by molar-refractivity contribution is -0.141. The minimum Gasteiger partial charge on any atom is -0.444 e. The Kier molecular flexibility index (Phi) is 10.8. The molecule has 184 valence electrons. The van der Waals surface area contributed by atoms with Crippen molar-refractivity contribution in [2.75, 3.05) is 13.6 Å². The maximum atomic E-state index is 13.4. The fraction of sp³-hybridized carbons (Fsp3) is 0.583. The SMILES string of the molecule is CCCCNC(=O)C(c1cccc(C)c1)N(C)C(=O)C(CCC(N)=O)NC(=O)OC(C)(C)C. The summed E-state index contributed by atoms with van der Waals surface area (Å²) in [6.07, 6.45) is 0.802. The van der Waals surface area contributed by atoms with Crippen molar-refractivity contribution in [2.24, 2.45) is 5.73 Å². The van der Waals surface area contributed by atoms with E-state index in [0.717, 1.165) is 18.4 Å². The number of carbonyl (C=O) groups is 4. The van der Waals surface area contributed by atoms with Crippen LogP contribution in [0.4, 0.5) is 4.79 Å². The van der Waals surface area contributed by atoms with Crippen LogP contribution in [0.3, 0.4) is 0 Å². The topological polar surface area (TPSA) is 131 Å². The van der Waals surface area contributed by atoms with Gasteiger partial charge in [0.05, 0.1) is 0 Å². The van der Waals surface area contributed by atoms with E-state index in [0.29, 0.717) is 12.1 Å². The van der Waals surface area contributed by atoms with E-state index >= 15 is 0 Å². The number of likely N-dealkylation sites (N-methyl/N-ethyl adjacent to an activating group) is 1. The molecule has 9 nitrogen and oxygen atoms in total. The molecule has 1 aromatic rings. The first kappa shape index (κ1) is 27.9. The zero-order valence-electron chi connectivity index (χ0n) is 20.6. The molecule has 4 N–H and O–H groups in total. The molecule has 0 spiro atoms. The lowest BCUT2D eigenvalue weighted by Crippen LogP contribution is -2.52. The number of nitrogens with two attached hydrogens (primary N) is 1. The first-order valence-electron chi connectivity index (χ1n) is 11.2. The molecule has 0 heterocycles. The van der Waals surface area contributed by atoms with Crippen LogP contribution in [0.1, 0.15) is 70.5 Å². The van der Waals surface area contributed by atoms with Gasteiger partial charge in [-0.3, -0.25) is 14.4 Å². The van der Waals surface area contributed by atoms with Crippen LogP contribution in [0.15, 0.2) is 24.3 Å². The summed E-state index contributed by atoms with van der Waals surface area (Å²) >= 11 is 0. The Bertz CT molecular complexity index is 834. The number of hydrogen-bond acceptors (Lipinski definition) is 5. The molecule has 0 aliphatic rings. The molecule has 0 aromatic heterocycles. The number of nitrogens with one attached hydrogen (secondary N) is 2. The number of ether oxygens (including phenoxy) is 1. The number of benzene rings is 1. The van der Waals surface area contributed by atoms with Gasteiger partial charge in [-0.1, -0.05) is 43.2 Å². The van der Waals surface area contributed by atoms with E-state index in [9.17, 15) is 19.2 Å². The Morgan fingerprint density at radius 2 is 1.85 bits per heavy atom. The van der Waals surface area contributed by atoms with Crippen molar-refractivity contribution < 1.29 is 23.9 Å². The second-order valence-electron chi connectivity index (χ2n) is 9.11. The molecular weight excluding hydrogens is 424 g/mol.